The average molecular weight is 423 g/mol. The Balaban J connectivity index is 1.63. The maximum atomic E-state index is 12.3. The van der Waals surface area contributed by atoms with Crippen LogP contribution in [0, 0.1) is 0 Å². The minimum Gasteiger partial charge on any atom is -0.462 e. The largest absolute Gasteiger partial charge is 0.462 e. The van der Waals surface area contributed by atoms with E-state index in [4.69, 9.17) is 4.74 Å². The second-order valence-corrected chi connectivity index (χ2v) is 7.02. The van der Waals surface area contributed by atoms with Crippen LogP contribution in [-0.4, -0.2) is 44.0 Å². The van der Waals surface area contributed by atoms with E-state index in [2.05, 4.69) is 27.1 Å². The van der Waals surface area contributed by atoms with E-state index >= 15 is 0 Å². The van der Waals surface area contributed by atoms with Gasteiger partial charge in [-0.15, -0.1) is 16.8 Å². The number of anilines is 1. The van der Waals surface area contributed by atoms with E-state index in [0.29, 0.717) is 35.4 Å². The molecular weight excluding hydrogens is 402 g/mol. The number of amides is 1. The van der Waals surface area contributed by atoms with Crippen molar-refractivity contribution >= 4 is 29.3 Å². The number of hydrogen-bond donors (Lipinski definition) is 1. The van der Waals surface area contributed by atoms with E-state index in [9.17, 15) is 9.59 Å². The molecule has 0 saturated heterocycles. The standard InChI is InChI=1S/C21H21N5O3S/c1-3-12-26-19(16-6-5-11-22-13-16)24-25-21(26)30-14-18(27)23-17-9-7-15(8-10-17)20(28)29-4-2/h3,5-11,13H,1,4,12,14H2,2H3,(H,23,27). The first-order valence-corrected chi connectivity index (χ1v) is 10.2. The molecule has 1 amide bonds. The van der Waals surface area contributed by atoms with Gasteiger partial charge in [0.25, 0.3) is 0 Å². The molecular formula is C21H21N5O3S. The lowest BCUT2D eigenvalue weighted by Gasteiger charge is -2.08. The number of aromatic nitrogens is 4. The monoisotopic (exact) mass is 423 g/mol. The van der Waals surface area contributed by atoms with Crippen molar-refractivity contribution in [1.82, 2.24) is 19.7 Å². The second kappa shape index (κ2) is 10.4. The van der Waals surface area contributed by atoms with Gasteiger partial charge in [-0.3, -0.25) is 14.3 Å². The molecule has 0 atom stereocenters. The average Bonchev–Trinajstić information content (AvgIpc) is 3.16. The summed E-state index contributed by atoms with van der Waals surface area (Å²) in [6, 6.07) is 10.3. The summed E-state index contributed by atoms with van der Waals surface area (Å²) in [6.07, 6.45) is 5.15. The maximum absolute atomic E-state index is 12.3. The molecule has 154 valence electrons. The normalized spacial score (nSPS) is 10.4. The number of allylic oxidation sites excluding steroid dienone is 1. The van der Waals surface area contributed by atoms with Crippen LogP contribution in [-0.2, 0) is 16.1 Å². The van der Waals surface area contributed by atoms with Gasteiger partial charge >= 0.3 is 5.97 Å². The van der Waals surface area contributed by atoms with Crippen molar-refractivity contribution in [3.63, 3.8) is 0 Å². The summed E-state index contributed by atoms with van der Waals surface area (Å²) in [5, 5.41) is 11.9. The summed E-state index contributed by atoms with van der Waals surface area (Å²) in [6.45, 7) is 6.35. The smallest absolute Gasteiger partial charge is 0.338 e. The zero-order chi connectivity index (χ0) is 21.3. The van der Waals surface area contributed by atoms with Gasteiger partial charge in [-0.1, -0.05) is 17.8 Å². The van der Waals surface area contributed by atoms with Crippen LogP contribution in [0.3, 0.4) is 0 Å². The summed E-state index contributed by atoms with van der Waals surface area (Å²) in [4.78, 5) is 28.1. The highest BCUT2D eigenvalue weighted by Crippen LogP contribution is 2.23. The van der Waals surface area contributed by atoms with Gasteiger partial charge in [0.2, 0.25) is 5.91 Å². The fourth-order valence-corrected chi connectivity index (χ4v) is 3.38. The van der Waals surface area contributed by atoms with Crippen molar-refractivity contribution in [2.75, 3.05) is 17.7 Å². The van der Waals surface area contributed by atoms with Gasteiger partial charge in [-0.25, -0.2) is 4.79 Å². The van der Waals surface area contributed by atoms with Gasteiger partial charge in [0, 0.05) is 30.2 Å². The zero-order valence-electron chi connectivity index (χ0n) is 16.4. The Kier molecular flexibility index (Phi) is 7.34. The van der Waals surface area contributed by atoms with Crippen LogP contribution < -0.4 is 5.32 Å². The van der Waals surface area contributed by atoms with Crippen LogP contribution in [0.2, 0.25) is 0 Å². The minimum absolute atomic E-state index is 0.155. The van der Waals surface area contributed by atoms with Crippen LogP contribution in [0.4, 0.5) is 5.69 Å². The number of hydrogen-bond acceptors (Lipinski definition) is 7. The Morgan fingerprint density at radius 3 is 2.70 bits per heavy atom. The summed E-state index contributed by atoms with van der Waals surface area (Å²) in [5.74, 6) is 0.236. The quantitative estimate of drug-likeness (QED) is 0.320. The Labute approximate surface area is 178 Å². The summed E-state index contributed by atoms with van der Waals surface area (Å²) in [5.41, 5.74) is 1.87. The molecule has 1 aromatic carbocycles. The predicted molar refractivity (Wildman–Crippen MR) is 115 cm³/mol. The number of benzene rings is 1. The summed E-state index contributed by atoms with van der Waals surface area (Å²) in [7, 11) is 0. The Morgan fingerprint density at radius 1 is 1.23 bits per heavy atom. The molecule has 0 spiro atoms. The third kappa shape index (κ3) is 5.32. The molecule has 2 heterocycles. The number of pyridine rings is 1. The number of rotatable bonds is 9. The highest BCUT2D eigenvalue weighted by molar-refractivity contribution is 7.99. The first-order chi connectivity index (χ1) is 14.6. The van der Waals surface area contributed by atoms with E-state index < -0.39 is 5.97 Å². The number of ether oxygens (including phenoxy) is 1. The third-order valence-corrected chi connectivity index (χ3v) is 4.93. The van der Waals surface area contributed by atoms with Crippen LogP contribution >= 0.6 is 11.8 Å². The van der Waals surface area contributed by atoms with E-state index in [1.54, 1.807) is 49.7 Å². The van der Waals surface area contributed by atoms with Gasteiger partial charge in [-0.05, 0) is 43.3 Å². The fourth-order valence-electron chi connectivity index (χ4n) is 2.63. The van der Waals surface area contributed by atoms with E-state index in [-0.39, 0.29) is 11.7 Å². The van der Waals surface area contributed by atoms with Gasteiger partial charge in [-0.2, -0.15) is 0 Å². The molecule has 2 aromatic heterocycles. The summed E-state index contributed by atoms with van der Waals surface area (Å²) < 4.78 is 6.83. The van der Waals surface area contributed by atoms with Crippen molar-refractivity contribution in [1.29, 1.82) is 0 Å². The molecule has 0 fully saturated rings. The molecule has 30 heavy (non-hydrogen) atoms. The molecule has 0 radical (unpaired) electrons. The summed E-state index contributed by atoms with van der Waals surface area (Å²) >= 11 is 1.28. The lowest BCUT2D eigenvalue weighted by Crippen LogP contribution is -2.15. The van der Waals surface area contributed by atoms with E-state index in [0.717, 1.165) is 5.56 Å². The fraction of sp³-hybridized carbons (Fsp3) is 0.190. The lowest BCUT2D eigenvalue weighted by atomic mass is 10.2. The molecule has 0 saturated carbocycles. The Bertz CT molecular complexity index is 1020. The molecule has 8 nitrogen and oxygen atoms in total. The number of carbonyl (C=O) groups is 2. The molecule has 3 rings (SSSR count). The van der Waals surface area contributed by atoms with Crippen LogP contribution in [0.25, 0.3) is 11.4 Å². The molecule has 0 unspecified atom stereocenters. The van der Waals surface area contributed by atoms with Gasteiger partial charge in [0.15, 0.2) is 11.0 Å². The Morgan fingerprint density at radius 2 is 2.03 bits per heavy atom. The highest BCUT2D eigenvalue weighted by atomic mass is 32.2. The first kappa shape index (κ1) is 21.3. The van der Waals surface area contributed by atoms with Gasteiger partial charge < -0.3 is 10.1 Å². The van der Waals surface area contributed by atoms with E-state index in [1.807, 2.05) is 16.7 Å². The first-order valence-electron chi connectivity index (χ1n) is 9.26. The number of carbonyl (C=O) groups excluding carboxylic acids is 2. The molecule has 0 aliphatic rings. The van der Waals surface area contributed by atoms with Crippen LogP contribution in [0.15, 0.2) is 66.6 Å². The SMILES string of the molecule is C=CCn1c(SCC(=O)Nc2ccc(C(=O)OCC)cc2)nnc1-c1cccnc1. The Hall–Kier alpha value is -3.46. The molecule has 9 heteroatoms. The highest BCUT2D eigenvalue weighted by Gasteiger charge is 2.15. The number of esters is 1. The number of nitrogens with one attached hydrogen (secondary N) is 1. The number of nitrogens with zero attached hydrogens (tertiary/aromatic N) is 4. The molecule has 1 N–H and O–H groups in total. The molecule has 0 aliphatic carbocycles. The molecule has 3 aromatic rings. The van der Waals surface area contributed by atoms with Gasteiger partial charge in [0.05, 0.1) is 17.9 Å². The topological polar surface area (TPSA) is 99.0 Å². The number of thioether (sulfide) groups is 1. The van der Waals surface area contributed by atoms with E-state index in [1.165, 1.54) is 11.8 Å². The maximum Gasteiger partial charge on any atom is 0.338 e. The van der Waals surface area contributed by atoms with Crippen molar-refractivity contribution in [2.24, 2.45) is 0 Å². The second-order valence-electron chi connectivity index (χ2n) is 6.08. The predicted octanol–water partition coefficient (Wildman–Crippen LogP) is 3.43. The lowest BCUT2D eigenvalue weighted by molar-refractivity contribution is -0.113. The van der Waals surface area contributed by atoms with Crippen molar-refractivity contribution < 1.29 is 14.3 Å². The van der Waals surface area contributed by atoms with Crippen LogP contribution in [0.1, 0.15) is 17.3 Å². The van der Waals surface area contributed by atoms with Crippen LogP contribution in [0.5, 0.6) is 0 Å². The zero-order valence-corrected chi connectivity index (χ0v) is 17.3. The third-order valence-electron chi connectivity index (χ3n) is 3.96. The van der Waals surface area contributed by atoms with Crippen molar-refractivity contribution in [3.8, 4) is 11.4 Å². The van der Waals surface area contributed by atoms with Gasteiger partial charge in [0.1, 0.15) is 0 Å². The minimum atomic E-state index is -0.392. The molecule has 0 aliphatic heterocycles. The van der Waals surface area contributed by atoms with Crippen molar-refractivity contribution in [3.05, 3.63) is 67.0 Å². The molecule has 0 bridgehead atoms. The van der Waals surface area contributed by atoms with Crippen molar-refractivity contribution in [2.45, 2.75) is 18.6 Å².